The third-order valence-electron chi connectivity index (χ3n) is 4.28. The highest BCUT2D eigenvalue weighted by Crippen LogP contribution is 2.36. The maximum atomic E-state index is 14.3. The number of amidine groups is 1. The van der Waals surface area contributed by atoms with Crippen molar-refractivity contribution in [3.05, 3.63) is 81.0 Å². The standard InChI is InChI=1S/C20H15ClF4N2O3/c1-2-30-20(29)17-15(8-28)26-19(16-13(24)6-10(23)7-14(16)25)27-18(17)11-4-3-9(22)5-12(11)21/h3-7,18,28H,2,8H2,1H3,(H,26,27). The number of esters is 1. The molecule has 3 rings (SSSR count). The van der Waals surface area contributed by atoms with Gasteiger partial charge in [0.05, 0.1) is 30.0 Å². The van der Waals surface area contributed by atoms with Crippen LogP contribution in [0.3, 0.4) is 0 Å². The number of halogens is 5. The average molecular weight is 443 g/mol. The van der Waals surface area contributed by atoms with Crippen molar-refractivity contribution in [2.45, 2.75) is 13.0 Å². The Hall–Kier alpha value is -2.91. The summed E-state index contributed by atoms with van der Waals surface area (Å²) in [6.07, 6.45) is 0. The van der Waals surface area contributed by atoms with Crippen LogP contribution in [-0.4, -0.2) is 30.1 Å². The molecule has 0 amide bonds. The Morgan fingerprint density at radius 3 is 2.40 bits per heavy atom. The summed E-state index contributed by atoms with van der Waals surface area (Å²) in [5.41, 5.74) is -0.881. The van der Waals surface area contributed by atoms with Crippen LogP contribution in [0.15, 0.2) is 46.6 Å². The predicted molar refractivity (Wildman–Crippen MR) is 101 cm³/mol. The van der Waals surface area contributed by atoms with Crippen LogP contribution in [-0.2, 0) is 9.53 Å². The first-order chi connectivity index (χ1) is 14.3. The SMILES string of the molecule is CCOC(=O)C1=C(CO)NC(c2c(F)cc(F)cc2F)=NC1c1ccc(F)cc1Cl. The molecule has 1 heterocycles. The maximum absolute atomic E-state index is 14.3. The van der Waals surface area contributed by atoms with E-state index >= 15 is 0 Å². The molecule has 2 N–H and O–H groups in total. The lowest BCUT2D eigenvalue weighted by Crippen LogP contribution is -2.36. The molecule has 0 saturated carbocycles. The number of aliphatic imine (C=N–C) groups is 1. The summed E-state index contributed by atoms with van der Waals surface area (Å²) in [6, 6.07) is 2.95. The van der Waals surface area contributed by atoms with Crippen molar-refractivity contribution in [3.63, 3.8) is 0 Å². The molecule has 0 aliphatic carbocycles. The Morgan fingerprint density at radius 2 is 1.83 bits per heavy atom. The second-order valence-corrected chi connectivity index (χ2v) is 6.59. The lowest BCUT2D eigenvalue weighted by atomic mass is 9.95. The Bertz CT molecular complexity index is 1050. The highest BCUT2D eigenvalue weighted by molar-refractivity contribution is 6.31. The Balaban J connectivity index is 2.23. The summed E-state index contributed by atoms with van der Waals surface area (Å²) in [5, 5.41) is 12.2. The van der Waals surface area contributed by atoms with Gasteiger partial charge in [-0.3, -0.25) is 4.99 Å². The van der Waals surface area contributed by atoms with Crippen LogP contribution in [0.2, 0.25) is 5.02 Å². The number of rotatable bonds is 5. The third-order valence-corrected chi connectivity index (χ3v) is 4.61. The monoisotopic (exact) mass is 442 g/mol. The predicted octanol–water partition coefficient (Wildman–Crippen LogP) is 3.80. The van der Waals surface area contributed by atoms with Crippen molar-refractivity contribution in [1.82, 2.24) is 5.32 Å². The number of nitrogens with one attached hydrogen (secondary N) is 1. The molecule has 30 heavy (non-hydrogen) atoms. The van der Waals surface area contributed by atoms with E-state index in [1.165, 1.54) is 6.07 Å². The molecule has 0 fully saturated rings. The molecule has 1 aliphatic heterocycles. The second-order valence-electron chi connectivity index (χ2n) is 6.19. The number of ether oxygens (including phenoxy) is 1. The quantitative estimate of drug-likeness (QED) is 0.546. The number of aliphatic hydroxyl groups is 1. The van der Waals surface area contributed by atoms with Gasteiger partial charge in [-0.2, -0.15) is 0 Å². The van der Waals surface area contributed by atoms with Gasteiger partial charge in [-0.25, -0.2) is 22.4 Å². The molecule has 0 spiro atoms. The fourth-order valence-corrected chi connectivity index (χ4v) is 3.28. The van der Waals surface area contributed by atoms with E-state index in [2.05, 4.69) is 10.3 Å². The smallest absolute Gasteiger partial charge is 0.338 e. The van der Waals surface area contributed by atoms with Crippen LogP contribution in [0.25, 0.3) is 0 Å². The van der Waals surface area contributed by atoms with Crippen LogP contribution in [0.4, 0.5) is 17.6 Å². The van der Waals surface area contributed by atoms with Crippen molar-refractivity contribution in [1.29, 1.82) is 0 Å². The van der Waals surface area contributed by atoms with Gasteiger partial charge in [-0.15, -0.1) is 0 Å². The van der Waals surface area contributed by atoms with Crippen molar-refractivity contribution < 1.29 is 32.2 Å². The van der Waals surface area contributed by atoms with E-state index in [1.807, 2.05) is 0 Å². The van der Waals surface area contributed by atoms with Crippen LogP contribution >= 0.6 is 11.6 Å². The van der Waals surface area contributed by atoms with Crippen molar-refractivity contribution >= 4 is 23.4 Å². The maximum Gasteiger partial charge on any atom is 0.338 e. The minimum Gasteiger partial charge on any atom is -0.463 e. The first-order valence-electron chi connectivity index (χ1n) is 8.72. The molecule has 1 atom stereocenters. The van der Waals surface area contributed by atoms with E-state index in [9.17, 15) is 27.5 Å². The molecule has 5 nitrogen and oxygen atoms in total. The van der Waals surface area contributed by atoms with Gasteiger partial charge in [0.1, 0.15) is 35.1 Å². The summed E-state index contributed by atoms with van der Waals surface area (Å²) in [4.78, 5) is 16.7. The molecule has 1 unspecified atom stereocenters. The molecule has 0 radical (unpaired) electrons. The van der Waals surface area contributed by atoms with Crippen LogP contribution in [0, 0.1) is 23.3 Å². The van der Waals surface area contributed by atoms with Crippen molar-refractivity contribution in [2.24, 2.45) is 4.99 Å². The number of carbonyl (C=O) groups excluding carboxylic acids is 1. The fourth-order valence-electron chi connectivity index (χ4n) is 3.01. The number of benzene rings is 2. The lowest BCUT2D eigenvalue weighted by Gasteiger charge is -2.27. The van der Waals surface area contributed by atoms with Gasteiger partial charge in [0, 0.05) is 22.7 Å². The first kappa shape index (κ1) is 21.8. The summed E-state index contributed by atoms with van der Waals surface area (Å²) < 4.78 is 60.4. The summed E-state index contributed by atoms with van der Waals surface area (Å²) in [6.45, 7) is 0.820. The number of aliphatic hydroxyl groups excluding tert-OH is 1. The molecule has 158 valence electrons. The average Bonchev–Trinajstić information content (AvgIpc) is 2.66. The van der Waals surface area contributed by atoms with Gasteiger partial charge in [0.25, 0.3) is 0 Å². The highest BCUT2D eigenvalue weighted by atomic mass is 35.5. The normalized spacial score (nSPS) is 16.2. The van der Waals surface area contributed by atoms with Gasteiger partial charge in [0.2, 0.25) is 0 Å². The van der Waals surface area contributed by atoms with Crippen molar-refractivity contribution in [3.8, 4) is 0 Å². The van der Waals surface area contributed by atoms with Crippen LogP contribution in [0.5, 0.6) is 0 Å². The zero-order chi connectivity index (χ0) is 22.0. The molecular formula is C20H15ClF4N2O3. The van der Waals surface area contributed by atoms with Gasteiger partial charge < -0.3 is 15.2 Å². The minimum atomic E-state index is -1.28. The fraction of sp³-hybridized carbons (Fsp3) is 0.200. The van der Waals surface area contributed by atoms with E-state index in [0.29, 0.717) is 12.1 Å². The van der Waals surface area contributed by atoms with Gasteiger partial charge in [-0.05, 0) is 19.1 Å². The molecule has 2 aromatic rings. The Labute approximate surface area is 173 Å². The van der Waals surface area contributed by atoms with E-state index in [0.717, 1.165) is 12.1 Å². The number of carbonyl (C=O) groups is 1. The zero-order valence-electron chi connectivity index (χ0n) is 15.5. The molecule has 0 bridgehead atoms. The summed E-state index contributed by atoms with van der Waals surface area (Å²) >= 11 is 6.11. The van der Waals surface area contributed by atoms with E-state index in [1.54, 1.807) is 6.92 Å². The summed E-state index contributed by atoms with van der Waals surface area (Å²) in [5.74, 6) is -5.55. The Morgan fingerprint density at radius 1 is 1.17 bits per heavy atom. The first-order valence-corrected chi connectivity index (χ1v) is 9.10. The molecule has 1 aliphatic rings. The van der Waals surface area contributed by atoms with Crippen molar-refractivity contribution in [2.75, 3.05) is 13.2 Å². The van der Waals surface area contributed by atoms with E-state index in [-0.39, 0.29) is 28.5 Å². The van der Waals surface area contributed by atoms with Crippen LogP contribution < -0.4 is 5.32 Å². The highest BCUT2D eigenvalue weighted by Gasteiger charge is 2.34. The summed E-state index contributed by atoms with van der Waals surface area (Å²) in [7, 11) is 0. The van der Waals surface area contributed by atoms with Gasteiger partial charge >= 0.3 is 5.97 Å². The molecule has 2 aromatic carbocycles. The molecule has 0 aromatic heterocycles. The zero-order valence-corrected chi connectivity index (χ0v) is 16.2. The number of hydrogen-bond acceptors (Lipinski definition) is 5. The molecule has 10 heteroatoms. The third kappa shape index (κ3) is 4.17. The van der Waals surface area contributed by atoms with Crippen LogP contribution in [0.1, 0.15) is 24.1 Å². The van der Waals surface area contributed by atoms with Gasteiger partial charge in [0.15, 0.2) is 0 Å². The minimum absolute atomic E-state index is 0.00268. The Kier molecular flexibility index (Phi) is 6.42. The van der Waals surface area contributed by atoms with E-state index in [4.69, 9.17) is 16.3 Å². The largest absolute Gasteiger partial charge is 0.463 e. The number of nitrogens with zero attached hydrogens (tertiary/aromatic N) is 1. The molecule has 0 saturated heterocycles. The number of hydrogen-bond donors (Lipinski definition) is 2. The van der Waals surface area contributed by atoms with Gasteiger partial charge in [-0.1, -0.05) is 17.7 Å². The topological polar surface area (TPSA) is 70.9 Å². The lowest BCUT2D eigenvalue weighted by molar-refractivity contribution is -0.139. The second kappa shape index (κ2) is 8.85. The van der Waals surface area contributed by atoms with E-state index < -0.39 is 53.3 Å². The molecular weight excluding hydrogens is 428 g/mol.